The highest BCUT2D eigenvalue weighted by Gasteiger charge is 2.34. The summed E-state index contributed by atoms with van der Waals surface area (Å²) in [5, 5.41) is 0. The van der Waals surface area contributed by atoms with E-state index in [9.17, 15) is 0 Å². The van der Waals surface area contributed by atoms with Crippen molar-refractivity contribution in [1.29, 1.82) is 0 Å². The lowest BCUT2D eigenvalue weighted by Gasteiger charge is -2.29. The predicted molar refractivity (Wildman–Crippen MR) is 62.2 cm³/mol. The van der Waals surface area contributed by atoms with E-state index in [1.54, 1.807) is 12.8 Å². The van der Waals surface area contributed by atoms with Crippen LogP contribution in [0.5, 0.6) is 0 Å². The van der Waals surface area contributed by atoms with Gasteiger partial charge < -0.3 is 0 Å². The Morgan fingerprint density at radius 1 is 0.714 bits per heavy atom. The van der Waals surface area contributed by atoms with Crippen molar-refractivity contribution in [2.75, 3.05) is 0 Å². The Hall–Kier alpha value is 0. The van der Waals surface area contributed by atoms with Crippen LogP contribution in [-0.2, 0) is 0 Å². The fourth-order valence-electron chi connectivity index (χ4n) is 3.71. The molecule has 0 bridgehead atoms. The van der Waals surface area contributed by atoms with Gasteiger partial charge in [0.1, 0.15) is 0 Å². The van der Waals surface area contributed by atoms with Gasteiger partial charge in [0.15, 0.2) is 0 Å². The van der Waals surface area contributed by atoms with Gasteiger partial charge in [0.25, 0.3) is 0 Å². The summed E-state index contributed by atoms with van der Waals surface area (Å²) in [6, 6.07) is 0. The van der Waals surface area contributed by atoms with E-state index in [4.69, 9.17) is 0 Å². The highest BCUT2D eigenvalue weighted by atomic mass is 14.4. The highest BCUT2D eigenvalue weighted by molar-refractivity contribution is 4.85. The van der Waals surface area contributed by atoms with Gasteiger partial charge in [-0.1, -0.05) is 40.0 Å². The van der Waals surface area contributed by atoms with Crippen LogP contribution in [0.3, 0.4) is 0 Å². The number of rotatable bonds is 0. The Labute approximate surface area is 89.5 Å². The molecule has 0 spiro atoms. The monoisotopic (exact) mass is 194 g/mol. The topological polar surface area (TPSA) is 0 Å². The molecule has 0 aromatic carbocycles. The normalized spacial score (nSPS) is 39.2. The molecule has 0 amide bonds. The van der Waals surface area contributed by atoms with E-state index in [0.717, 1.165) is 17.8 Å². The summed E-state index contributed by atoms with van der Waals surface area (Å²) in [5.41, 5.74) is 0.554. The van der Waals surface area contributed by atoms with Crippen LogP contribution in [-0.4, -0.2) is 0 Å². The zero-order valence-corrected chi connectivity index (χ0v) is 10.2. The SMILES string of the molecule is CC(C)(C)C1CCC2CCCC2CC1. The molecule has 0 aromatic rings. The van der Waals surface area contributed by atoms with Crippen molar-refractivity contribution >= 4 is 0 Å². The molecule has 0 saturated heterocycles. The van der Waals surface area contributed by atoms with Gasteiger partial charge in [-0.25, -0.2) is 0 Å². The third-order valence-electron chi connectivity index (χ3n) is 4.81. The van der Waals surface area contributed by atoms with Crippen LogP contribution < -0.4 is 0 Å². The van der Waals surface area contributed by atoms with Crippen LogP contribution in [0.4, 0.5) is 0 Å². The van der Waals surface area contributed by atoms with Gasteiger partial charge in [-0.15, -0.1) is 0 Å². The fraction of sp³-hybridized carbons (Fsp3) is 1.00. The van der Waals surface area contributed by atoms with Gasteiger partial charge in [0.2, 0.25) is 0 Å². The van der Waals surface area contributed by atoms with Crippen LogP contribution >= 0.6 is 0 Å². The Bertz CT molecular complexity index is 173. The van der Waals surface area contributed by atoms with Gasteiger partial charge in [-0.05, 0) is 48.9 Å². The van der Waals surface area contributed by atoms with Crippen molar-refractivity contribution in [2.24, 2.45) is 23.2 Å². The average Bonchev–Trinajstić information content (AvgIpc) is 2.42. The molecule has 2 fully saturated rings. The molecule has 2 aliphatic carbocycles. The summed E-state index contributed by atoms with van der Waals surface area (Å²) >= 11 is 0. The van der Waals surface area contributed by atoms with E-state index in [1.165, 1.54) is 32.1 Å². The van der Waals surface area contributed by atoms with Crippen LogP contribution in [0, 0.1) is 23.2 Å². The number of hydrogen-bond acceptors (Lipinski definition) is 0. The molecule has 0 aromatic heterocycles. The van der Waals surface area contributed by atoms with E-state index in [0.29, 0.717) is 5.41 Å². The average molecular weight is 194 g/mol. The van der Waals surface area contributed by atoms with E-state index in [-0.39, 0.29) is 0 Å². The second-order valence-corrected chi connectivity index (χ2v) is 6.67. The Morgan fingerprint density at radius 3 is 1.64 bits per heavy atom. The molecule has 2 atom stereocenters. The second-order valence-electron chi connectivity index (χ2n) is 6.67. The molecule has 0 nitrogen and oxygen atoms in total. The largest absolute Gasteiger partial charge is 0.0599 e. The molecule has 2 unspecified atom stereocenters. The minimum Gasteiger partial charge on any atom is -0.0599 e. The minimum absolute atomic E-state index is 0.554. The standard InChI is InChI=1S/C14H26/c1-14(2,3)13-9-7-11-5-4-6-12(11)8-10-13/h11-13H,4-10H2,1-3H3. The lowest BCUT2D eigenvalue weighted by atomic mass is 9.76. The zero-order chi connectivity index (χ0) is 10.2. The van der Waals surface area contributed by atoms with Crippen LogP contribution in [0.1, 0.15) is 65.7 Å². The summed E-state index contributed by atoms with van der Waals surface area (Å²) < 4.78 is 0. The highest BCUT2D eigenvalue weighted by Crippen LogP contribution is 2.46. The van der Waals surface area contributed by atoms with E-state index < -0.39 is 0 Å². The van der Waals surface area contributed by atoms with E-state index >= 15 is 0 Å². The number of fused-ring (bicyclic) bond motifs is 1. The first kappa shape index (κ1) is 10.5. The number of hydrogen-bond donors (Lipinski definition) is 0. The van der Waals surface area contributed by atoms with Crippen molar-refractivity contribution in [1.82, 2.24) is 0 Å². The molecule has 2 aliphatic rings. The smallest absolute Gasteiger partial charge is 0.0354 e. The predicted octanol–water partition coefficient (Wildman–Crippen LogP) is 4.64. The minimum atomic E-state index is 0.554. The maximum atomic E-state index is 2.43. The van der Waals surface area contributed by atoms with E-state index in [1.807, 2.05) is 0 Å². The lowest BCUT2D eigenvalue weighted by Crippen LogP contribution is -2.19. The quantitative estimate of drug-likeness (QED) is 0.527. The van der Waals surface area contributed by atoms with E-state index in [2.05, 4.69) is 20.8 Å². The molecule has 0 aliphatic heterocycles. The Kier molecular flexibility index (Phi) is 2.91. The third-order valence-corrected chi connectivity index (χ3v) is 4.81. The molecular weight excluding hydrogens is 168 g/mol. The summed E-state index contributed by atoms with van der Waals surface area (Å²) in [6.07, 6.45) is 10.7. The Morgan fingerprint density at radius 2 is 1.21 bits per heavy atom. The summed E-state index contributed by atoms with van der Waals surface area (Å²) in [5.74, 6) is 3.22. The van der Waals surface area contributed by atoms with Crippen molar-refractivity contribution in [2.45, 2.75) is 65.7 Å². The first-order valence-electron chi connectivity index (χ1n) is 6.57. The molecule has 0 heterocycles. The lowest BCUT2D eigenvalue weighted by molar-refractivity contribution is 0.211. The second kappa shape index (κ2) is 3.87. The molecule has 82 valence electrons. The van der Waals surface area contributed by atoms with Crippen molar-refractivity contribution in [3.63, 3.8) is 0 Å². The molecule has 2 rings (SSSR count). The molecule has 0 N–H and O–H groups in total. The first-order valence-corrected chi connectivity index (χ1v) is 6.57. The van der Waals surface area contributed by atoms with Gasteiger partial charge in [0.05, 0.1) is 0 Å². The summed E-state index contributed by atoms with van der Waals surface area (Å²) in [6.45, 7) is 7.29. The maximum absolute atomic E-state index is 2.43. The van der Waals surface area contributed by atoms with Gasteiger partial charge >= 0.3 is 0 Å². The first-order chi connectivity index (χ1) is 6.57. The van der Waals surface area contributed by atoms with Crippen molar-refractivity contribution < 1.29 is 0 Å². The van der Waals surface area contributed by atoms with Crippen LogP contribution in [0.15, 0.2) is 0 Å². The fourth-order valence-corrected chi connectivity index (χ4v) is 3.71. The van der Waals surface area contributed by atoms with Gasteiger partial charge in [0, 0.05) is 0 Å². The molecule has 0 radical (unpaired) electrons. The van der Waals surface area contributed by atoms with Crippen LogP contribution in [0.2, 0.25) is 0 Å². The zero-order valence-electron chi connectivity index (χ0n) is 10.2. The molecule has 14 heavy (non-hydrogen) atoms. The maximum Gasteiger partial charge on any atom is -0.0354 e. The van der Waals surface area contributed by atoms with Crippen LogP contribution in [0.25, 0.3) is 0 Å². The van der Waals surface area contributed by atoms with Crippen molar-refractivity contribution in [3.05, 3.63) is 0 Å². The van der Waals surface area contributed by atoms with Crippen molar-refractivity contribution in [3.8, 4) is 0 Å². The third kappa shape index (κ3) is 2.15. The summed E-state index contributed by atoms with van der Waals surface area (Å²) in [4.78, 5) is 0. The molecule has 2 saturated carbocycles. The molecular formula is C14H26. The molecule has 0 heteroatoms. The van der Waals surface area contributed by atoms with Gasteiger partial charge in [-0.2, -0.15) is 0 Å². The van der Waals surface area contributed by atoms with Gasteiger partial charge in [-0.3, -0.25) is 0 Å². The Balaban J connectivity index is 1.96. The summed E-state index contributed by atoms with van der Waals surface area (Å²) in [7, 11) is 0.